The number of benzene rings is 1. The molecule has 2 N–H and O–H groups in total. The van der Waals surface area contributed by atoms with E-state index in [0.29, 0.717) is 5.56 Å². The molecule has 10 nitrogen and oxygen atoms in total. The zero-order valence-corrected chi connectivity index (χ0v) is 17.0. The average molecular weight is 469 g/mol. The van der Waals surface area contributed by atoms with Crippen molar-refractivity contribution in [2.45, 2.75) is 6.36 Å². The molecule has 4 aromatic rings. The molecule has 3 aromatic heterocycles. The number of amides is 2. The first-order chi connectivity index (χ1) is 16.3. The van der Waals surface area contributed by atoms with E-state index in [-0.39, 0.29) is 23.1 Å². The number of nitrogens with zero attached hydrogens (tertiary/aromatic N) is 5. The molecule has 0 bridgehead atoms. The van der Waals surface area contributed by atoms with Crippen molar-refractivity contribution in [1.82, 2.24) is 24.7 Å². The van der Waals surface area contributed by atoms with Crippen molar-refractivity contribution in [3.8, 4) is 11.4 Å². The van der Waals surface area contributed by atoms with E-state index in [9.17, 15) is 22.8 Å². The van der Waals surface area contributed by atoms with Gasteiger partial charge in [-0.1, -0.05) is 0 Å². The van der Waals surface area contributed by atoms with E-state index in [1.807, 2.05) is 0 Å². The minimum Gasteiger partial charge on any atom is -0.406 e. The van der Waals surface area contributed by atoms with Crippen LogP contribution in [0.5, 0.6) is 5.75 Å². The van der Waals surface area contributed by atoms with E-state index >= 15 is 0 Å². The number of halogens is 3. The second-order valence-electron chi connectivity index (χ2n) is 6.59. The number of hydrogen-bond donors (Lipinski definition) is 2. The van der Waals surface area contributed by atoms with Gasteiger partial charge in [-0.15, -0.1) is 18.3 Å². The van der Waals surface area contributed by atoms with Crippen molar-refractivity contribution in [3.05, 3.63) is 84.4 Å². The highest BCUT2D eigenvalue weighted by Gasteiger charge is 2.31. The number of alkyl halides is 3. The Bertz CT molecular complexity index is 1290. The van der Waals surface area contributed by atoms with Crippen LogP contribution >= 0.6 is 0 Å². The molecule has 4 rings (SSSR count). The number of pyridine rings is 2. The van der Waals surface area contributed by atoms with Crippen LogP contribution in [-0.4, -0.2) is 42.9 Å². The molecule has 0 atom stereocenters. The Balaban J connectivity index is 1.64. The minimum atomic E-state index is -4.84. The third-order valence-corrected chi connectivity index (χ3v) is 4.26. The van der Waals surface area contributed by atoms with E-state index in [1.165, 1.54) is 61.2 Å². The van der Waals surface area contributed by atoms with Crippen LogP contribution in [-0.2, 0) is 0 Å². The molecule has 0 fully saturated rings. The monoisotopic (exact) mass is 469 g/mol. The van der Waals surface area contributed by atoms with Gasteiger partial charge in [0.15, 0.2) is 0 Å². The lowest BCUT2D eigenvalue weighted by Crippen LogP contribution is -2.17. The van der Waals surface area contributed by atoms with Crippen molar-refractivity contribution in [2.75, 3.05) is 10.6 Å². The molecule has 1 aromatic carbocycles. The fraction of sp³-hybridized carbons (Fsp3) is 0.0476. The quantitative estimate of drug-likeness (QED) is 0.443. The summed E-state index contributed by atoms with van der Waals surface area (Å²) in [4.78, 5) is 36.9. The van der Waals surface area contributed by atoms with Gasteiger partial charge in [-0.2, -0.15) is 9.67 Å². The van der Waals surface area contributed by atoms with Crippen LogP contribution in [0.3, 0.4) is 0 Å². The minimum absolute atomic E-state index is 0.0867. The van der Waals surface area contributed by atoms with Crippen LogP contribution in [0.1, 0.15) is 20.7 Å². The number of carbonyl (C=O) groups excluding carboxylic acids is 2. The maximum absolute atomic E-state index is 12.6. The molecule has 0 saturated heterocycles. The predicted octanol–water partition coefficient (Wildman–Crippen LogP) is 3.46. The fourth-order valence-corrected chi connectivity index (χ4v) is 2.77. The molecule has 0 unspecified atom stereocenters. The fourth-order valence-electron chi connectivity index (χ4n) is 2.77. The van der Waals surface area contributed by atoms with Gasteiger partial charge in [0.25, 0.3) is 17.8 Å². The number of rotatable bonds is 6. The lowest BCUT2D eigenvalue weighted by atomic mass is 10.2. The molecule has 172 valence electrons. The molecule has 3 heterocycles. The second kappa shape index (κ2) is 9.36. The smallest absolute Gasteiger partial charge is 0.406 e. The molecular formula is C21H14F3N7O3. The van der Waals surface area contributed by atoms with Crippen LogP contribution in [0.25, 0.3) is 5.69 Å². The highest BCUT2D eigenvalue weighted by atomic mass is 19.4. The second-order valence-corrected chi connectivity index (χ2v) is 6.59. The topological polar surface area (TPSA) is 124 Å². The average Bonchev–Trinajstić information content (AvgIpc) is 3.21. The molecule has 0 saturated carbocycles. The maximum Gasteiger partial charge on any atom is 0.573 e. The number of carbonyl (C=O) groups is 2. The third kappa shape index (κ3) is 5.51. The SMILES string of the molecule is O=C(Nc1nc(NC(=O)c2ccncc2)n(-c2ccc(OC(F)(F)F)cc2)n1)c1ccncc1. The summed E-state index contributed by atoms with van der Waals surface area (Å²) in [6.45, 7) is 0. The van der Waals surface area contributed by atoms with E-state index in [1.54, 1.807) is 0 Å². The Morgan fingerprint density at radius 3 is 1.85 bits per heavy atom. The van der Waals surface area contributed by atoms with Gasteiger partial charge in [0.2, 0.25) is 5.95 Å². The zero-order chi connectivity index (χ0) is 24.1. The first-order valence-electron chi connectivity index (χ1n) is 9.54. The summed E-state index contributed by atoms with van der Waals surface area (Å²) in [5.74, 6) is -1.75. The number of nitrogens with one attached hydrogen (secondary N) is 2. The number of hydrogen-bond acceptors (Lipinski definition) is 7. The summed E-state index contributed by atoms with van der Waals surface area (Å²) in [7, 11) is 0. The molecule has 0 spiro atoms. The van der Waals surface area contributed by atoms with E-state index < -0.39 is 23.9 Å². The number of ether oxygens (including phenoxy) is 1. The van der Waals surface area contributed by atoms with Crippen LogP contribution in [0, 0.1) is 0 Å². The van der Waals surface area contributed by atoms with Gasteiger partial charge in [0.1, 0.15) is 5.75 Å². The summed E-state index contributed by atoms with van der Waals surface area (Å²) in [6, 6.07) is 10.6. The normalized spacial score (nSPS) is 11.0. The van der Waals surface area contributed by atoms with Crippen LogP contribution in [0.15, 0.2) is 73.3 Å². The Kier molecular flexibility index (Phi) is 6.16. The summed E-state index contributed by atoms with van der Waals surface area (Å²) in [5, 5.41) is 9.23. The summed E-state index contributed by atoms with van der Waals surface area (Å²) in [6.07, 6.45) is 0.888. The van der Waals surface area contributed by atoms with E-state index in [0.717, 1.165) is 16.8 Å². The maximum atomic E-state index is 12.6. The standard InChI is InChI=1S/C21H14F3N7O3/c22-21(23,24)34-16-3-1-15(2-4-16)31-20(28-18(33)14-7-11-26-12-8-14)29-19(30-31)27-17(32)13-5-9-25-10-6-13/h1-12H,(H2,27,28,29,30,32,33). The van der Waals surface area contributed by atoms with Crippen molar-refractivity contribution >= 4 is 23.7 Å². The van der Waals surface area contributed by atoms with Gasteiger partial charge in [-0.25, -0.2) is 0 Å². The van der Waals surface area contributed by atoms with Crippen LogP contribution in [0.4, 0.5) is 25.1 Å². The number of anilines is 2. The highest BCUT2D eigenvalue weighted by molar-refractivity contribution is 6.04. The van der Waals surface area contributed by atoms with E-state index in [4.69, 9.17) is 0 Å². The first kappa shape index (κ1) is 22.4. The lowest BCUT2D eigenvalue weighted by molar-refractivity contribution is -0.274. The van der Waals surface area contributed by atoms with Crippen molar-refractivity contribution in [3.63, 3.8) is 0 Å². The molecule has 0 aliphatic rings. The van der Waals surface area contributed by atoms with Crippen molar-refractivity contribution < 1.29 is 27.5 Å². The molecular weight excluding hydrogens is 455 g/mol. The van der Waals surface area contributed by atoms with Gasteiger partial charge in [0, 0.05) is 35.9 Å². The molecule has 0 aliphatic carbocycles. The first-order valence-corrected chi connectivity index (χ1v) is 9.54. The van der Waals surface area contributed by atoms with Crippen molar-refractivity contribution in [1.29, 1.82) is 0 Å². The van der Waals surface area contributed by atoms with Crippen LogP contribution < -0.4 is 15.4 Å². The molecule has 34 heavy (non-hydrogen) atoms. The Morgan fingerprint density at radius 1 is 0.794 bits per heavy atom. The third-order valence-electron chi connectivity index (χ3n) is 4.26. The van der Waals surface area contributed by atoms with Crippen LogP contribution in [0.2, 0.25) is 0 Å². The summed E-state index contributed by atoms with van der Waals surface area (Å²) in [5.41, 5.74) is 0.819. The number of aromatic nitrogens is 5. The summed E-state index contributed by atoms with van der Waals surface area (Å²) < 4.78 is 42.4. The van der Waals surface area contributed by atoms with Gasteiger partial charge >= 0.3 is 6.36 Å². The zero-order valence-electron chi connectivity index (χ0n) is 17.0. The Morgan fingerprint density at radius 2 is 1.32 bits per heavy atom. The predicted molar refractivity (Wildman–Crippen MR) is 112 cm³/mol. The molecule has 2 amide bonds. The van der Waals surface area contributed by atoms with Crippen molar-refractivity contribution in [2.24, 2.45) is 0 Å². The Labute approximate surface area is 189 Å². The molecule has 0 radical (unpaired) electrons. The van der Waals surface area contributed by atoms with Gasteiger partial charge < -0.3 is 4.74 Å². The van der Waals surface area contributed by atoms with Gasteiger partial charge in [-0.05, 0) is 48.5 Å². The summed E-state index contributed by atoms with van der Waals surface area (Å²) >= 11 is 0. The van der Waals surface area contributed by atoms with Gasteiger partial charge in [-0.3, -0.25) is 30.2 Å². The largest absolute Gasteiger partial charge is 0.573 e. The molecule has 0 aliphatic heterocycles. The lowest BCUT2D eigenvalue weighted by Gasteiger charge is -2.10. The molecule has 13 heteroatoms. The highest BCUT2D eigenvalue weighted by Crippen LogP contribution is 2.25. The Hall–Kier alpha value is -4.81. The van der Waals surface area contributed by atoms with Gasteiger partial charge in [0.05, 0.1) is 5.69 Å². The van der Waals surface area contributed by atoms with E-state index in [2.05, 4.69) is 35.4 Å².